The Morgan fingerprint density at radius 1 is 1.21 bits per heavy atom. The molecule has 11 heteroatoms. The molecule has 11 nitrogen and oxygen atoms in total. The molecule has 1 aromatic carbocycles. The van der Waals surface area contributed by atoms with Gasteiger partial charge in [-0.2, -0.15) is 0 Å². The molecule has 0 fully saturated rings. The Morgan fingerprint density at radius 2 is 1.97 bits per heavy atom. The van der Waals surface area contributed by atoms with Crippen molar-refractivity contribution in [3.63, 3.8) is 0 Å². The fourth-order valence-electron chi connectivity index (χ4n) is 3.19. The number of anilines is 2. The summed E-state index contributed by atoms with van der Waals surface area (Å²) in [6.45, 7) is 5.31. The first-order valence-electron chi connectivity index (χ1n) is 10.1. The van der Waals surface area contributed by atoms with Gasteiger partial charge in [0.25, 0.3) is 11.8 Å². The predicted octanol–water partition coefficient (Wildman–Crippen LogP) is 3.84. The van der Waals surface area contributed by atoms with Gasteiger partial charge in [0, 0.05) is 30.1 Å². The van der Waals surface area contributed by atoms with Gasteiger partial charge < -0.3 is 25.2 Å². The fraction of sp³-hybridized carbons (Fsp3) is 0.227. The zero-order valence-electron chi connectivity index (χ0n) is 18.4. The highest BCUT2D eigenvalue weighted by molar-refractivity contribution is 6.11. The molecule has 0 aliphatic heterocycles. The first-order valence-corrected chi connectivity index (χ1v) is 10.1. The SMILES string of the molecule is CCCN(C(=O)O)C(=O)c1c[nH]c(C(=N)Nc2cc(C(=O)Nc3ccon3)ccc2C)c1C. The molecule has 0 unspecified atom stereocenters. The van der Waals surface area contributed by atoms with E-state index < -0.39 is 17.9 Å². The van der Waals surface area contributed by atoms with Crippen molar-refractivity contribution in [2.75, 3.05) is 17.2 Å². The van der Waals surface area contributed by atoms with Crippen molar-refractivity contribution >= 4 is 35.2 Å². The second-order valence-corrected chi connectivity index (χ2v) is 7.31. The van der Waals surface area contributed by atoms with Gasteiger partial charge in [0.05, 0.1) is 11.3 Å². The summed E-state index contributed by atoms with van der Waals surface area (Å²) in [6.07, 6.45) is 1.90. The summed E-state index contributed by atoms with van der Waals surface area (Å²) >= 11 is 0. The monoisotopic (exact) mass is 452 g/mol. The average molecular weight is 452 g/mol. The number of aromatic nitrogens is 2. The third-order valence-electron chi connectivity index (χ3n) is 4.98. The lowest BCUT2D eigenvalue weighted by Crippen LogP contribution is -2.36. The van der Waals surface area contributed by atoms with Gasteiger partial charge in [0.15, 0.2) is 5.82 Å². The van der Waals surface area contributed by atoms with Crippen molar-refractivity contribution in [1.29, 1.82) is 5.41 Å². The van der Waals surface area contributed by atoms with Crippen molar-refractivity contribution in [1.82, 2.24) is 15.0 Å². The number of amides is 3. The number of nitrogens with one attached hydrogen (secondary N) is 4. The van der Waals surface area contributed by atoms with E-state index in [9.17, 15) is 19.5 Å². The van der Waals surface area contributed by atoms with Crippen LogP contribution in [-0.4, -0.2) is 50.4 Å². The molecule has 2 aromatic heterocycles. The highest BCUT2D eigenvalue weighted by Gasteiger charge is 2.25. The van der Waals surface area contributed by atoms with Crippen molar-refractivity contribution in [3.8, 4) is 0 Å². The van der Waals surface area contributed by atoms with Crippen LogP contribution in [-0.2, 0) is 0 Å². The molecule has 3 rings (SSSR count). The van der Waals surface area contributed by atoms with Crippen LogP contribution in [0.2, 0.25) is 0 Å². The normalized spacial score (nSPS) is 10.5. The van der Waals surface area contributed by atoms with Crippen molar-refractivity contribution < 1.29 is 24.0 Å². The summed E-state index contributed by atoms with van der Waals surface area (Å²) in [6, 6.07) is 6.49. The average Bonchev–Trinajstić information content (AvgIpc) is 3.42. The van der Waals surface area contributed by atoms with E-state index in [1.165, 1.54) is 18.5 Å². The molecule has 2 heterocycles. The number of rotatable bonds is 7. The van der Waals surface area contributed by atoms with E-state index in [1.54, 1.807) is 32.0 Å². The van der Waals surface area contributed by atoms with Crippen LogP contribution in [0.3, 0.4) is 0 Å². The Morgan fingerprint density at radius 3 is 2.61 bits per heavy atom. The number of amidine groups is 1. The smallest absolute Gasteiger partial charge is 0.414 e. The van der Waals surface area contributed by atoms with Gasteiger partial charge in [-0.25, -0.2) is 9.69 Å². The minimum atomic E-state index is -1.33. The van der Waals surface area contributed by atoms with Crippen molar-refractivity contribution in [2.45, 2.75) is 27.2 Å². The number of H-pyrrole nitrogens is 1. The first-order chi connectivity index (χ1) is 15.7. The summed E-state index contributed by atoms with van der Waals surface area (Å²) in [5.41, 5.74) is 2.60. The van der Waals surface area contributed by atoms with Gasteiger partial charge in [0.2, 0.25) is 0 Å². The maximum absolute atomic E-state index is 12.7. The Bertz CT molecular complexity index is 1200. The van der Waals surface area contributed by atoms with Crippen LogP contribution in [0.1, 0.15) is 50.9 Å². The molecular weight excluding hydrogens is 428 g/mol. The standard InChI is InChI=1S/C22H24N6O5/c1-4-8-28(22(31)32)21(30)15-11-24-18(13(15)3)19(23)25-16-10-14(6-5-12(16)2)20(29)26-17-7-9-33-27-17/h5-7,9-11,24H,4,8H2,1-3H3,(H2,23,25)(H,31,32)(H,26,27,29). The van der Waals surface area contributed by atoms with Crippen molar-refractivity contribution in [3.05, 3.63) is 64.7 Å². The van der Waals surface area contributed by atoms with E-state index >= 15 is 0 Å². The molecule has 0 bridgehead atoms. The molecule has 3 amide bonds. The lowest BCUT2D eigenvalue weighted by atomic mass is 10.1. The van der Waals surface area contributed by atoms with Gasteiger partial charge in [-0.15, -0.1) is 0 Å². The van der Waals surface area contributed by atoms with Crippen LogP contribution in [0, 0.1) is 19.3 Å². The third-order valence-corrected chi connectivity index (χ3v) is 4.98. The van der Waals surface area contributed by atoms with Crippen LogP contribution in [0.4, 0.5) is 16.3 Å². The third kappa shape index (κ3) is 5.09. The fourth-order valence-corrected chi connectivity index (χ4v) is 3.19. The van der Waals surface area contributed by atoms with E-state index in [2.05, 4.69) is 20.8 Å². The number of carbonyl (C=O) groups is 3. The molecule has 5 N–H and O–H groups in total. The maximum atomic E-state index is 12.7. The maximum Gasteiger partial charge on any atom is 0.414 e. The zero-order chi connectivity index (χ0) is 24.1. The Hall–Kier alpha value is -4.41. The molecular formula is C22H24N6O5. The molecule has 0 atom stereocenters. The van der Waals surface area contributed by atoms with Crippen LogP contribution in [0.25, 0.3) is 0 Å². The van der Waals surface area contributed by atoms with Gasteiger partial charge in [0.1, 0.15) is 12.1 Å². The van der Waals surface area contributed by atoms with E-state index in [1.807, 2.05) is 6.92 Å². The number of nitrogens with zero attached hydrogens (tertiary/aromatic N) is 2. The van der Waals surface area contributed by atoms with Crippen LogP contribution >= 0.6 is 0 Å². The zero-order valence-corrected chi connectivity index (χ0v) is 18.4. The Kier molecular flexibility index (Phi) is 6.91. The predicted molar refractivity (Wildman–Crippen MR) is 121 cm³/mol. The largest absolute Gasteiger partial charge is 0.465 e. The van der Waals surface area contributed by atoms with Gasteiger partial charge >= 0.3 is 6.09 Å². The summed E-state index contributed by atoms with van der Waals surface area (Å²) in [5, 5.41) is 27.0. The molecule has 0 aliphatic carbocycles. The molecule has 172 valence electrons. The number of benzene rings is 1. The molecule has 3 aromatic rings. The van der Waals surface area contributed by atoms with E-state index in [-0.39, 0.29) is 23.8 Å². The topological polar surface area (TPSA) is 164 Å². The minimum absolute atomic E-state index is 0.0407. The molecule has 0 saturated heterocycles. The van der Waals surface area contributed by atoms with Crippen molar-refractivity contribution in [2.24, 2.45) is 0 Å². The number of aryl methyl sites for hydroxylation is 1. The van der Waals surface area contributed by atoms with Gasteiger partial charge in [-0.3, -0.25) is 15.0 Å². The lowest BCUT2D eigenvalue weighted by molar-refractivity contribution is 0.0741. The van der Waals surface area contributed by atoms with Gasteiger partial charge in [-0.05, 0) is 43.5 Å². The van der Waals surface area contributed by atoms with E-state index in [0.29, 0.717) is 28.9 Å². The van der Waals surface area contributed by atoms with Gasteiger partial charge in [-0.1, -0.05) is 18.1 Å². The number of hydrogen-bond acceptors (Lipinski definition) is 6. The number of imide groups is 1. The Labute approximate surface area is 189 Å². The van der Waals surface area contributed by atoms with E-state index in [4.69, 9.17) is 9.93 Å². The number of aromatic amines is 1. The highest BCUT2D eigenvalue weighted by Crippen LogP contribution is 2.21. The summed E-state index contributed by atoms with van der Waals surface area (Å²) in [7, 11) is 0. The van der Waals surface area contributed by atoms with E-state index in [0.717, 1.165) is 10.5 Å². The molecule has 0 spiro atoms. The highest BCUT2D eigenvalue weighted by atomic mass is 16.5. The van der Waals surface area contributed by atoms with Crippen LogP contribution < -0.4 is 10.6 Å². The molecule has 33 heavy (non-hydrogen) atoms. The number of carbonyl (C=O) groups excluding carboxylic acids is 2. The quantitative estimate of drug-likeness (QED) is 0.268. The van der Waals surface area contributed by atoms with Crippen LogP contribution in [0.5, 0.6) is 0 Å². The van der Waals surface area contributed by atoms with Crippen LogP contribution in [0.15, 0.2) is 41.2 Å². The lowest BCUT2D eigenvalue weighted by Gasteiger charge is -2.16. The molecule has 0 aliphatic rings. The Balaban J connectivity index is 1.80. The summed E-state index contributed by atoms with van der Waals surface area (Å²) in [5.74, 6) is -0.812. The molecule has 0 saturated carbocycles. The number of carboxylic acid groups (broad SMARTS) is 1. The first kappa shape index (κ1) is 23.3. The minimum Gasteiger partial charge on any atom is -0.465 e. The second-order valence-electron chi connectivity index (χ2n) is 7.31. The summed E-state index contributed by atoms with van der Waals surface area (Å²) in [4.78, 5) is 40.2. The number of hydrogen-bond donors (Lipinski definition) is 5. The molecule has 0 radical (unpaired) electrons. The second kappa shape index (κ2) is 9.81. The summed E-state index contributed by atoms with van der Waals surface area (Å²) < 4.78 is 4.70.